The lowest BCUT2D eigenvalue weighted by Crippen LogP contribution is -2.51. The van der Waals surface area contributed by atoms with Crippen molar-refractivity contribution in [1.82, 2.24) is 24.9 Å². The number of β-amino-alcohol motifs (C(OH)–C–C–N with tert-alkyl or cyclic N) is 2. The quantitative estimate of drug-likeness (QED) is 0.0772. The summed E-state index contributed by atoms with van der Waals surface area (Å²) < 4.78 is 0. The van der Waals surface area contributed by atoms with Crippen molar-refractivity contribution in [3.8, 4) is 11.5 Å². The number of phenolic OH excluding ortho intramolecular Hbond substituents is 2. The van der Waals surface area contributed by atoms with Crippen LogP contribution in [-0.2, 0) is 13.1 Å². The Morgan fingerprint density at radius 1 is 0.550 bits per heavy atom. The molecule has 0 amide bonds. The lowest BCUT2D eigenvalue weighted by Gasteiger charge is -2.39. The highest BCUT2D eigenvalue weighted by Gasteiger charge is 2.35. The minimum Gasteiger partial charge on any atom is -0.507 e. The molecule has 8 unspecified atom stereocenters. The van der Waals surface area contributed by atoms with Gasteiger partial charge >= 0.3 is 0 Å². The number of aliphatic hydroxyl groups is 10. The van der Waals surface area contributed by atoms with Gasteiger partial charge in [-0.25, -0.2) is 0 Å². The van der Waals surface area contributed by atoms with E-state index in [-0.39, 0.29) is 24.6 Å². The minimum absolute atomic E-state index is 0.000444. The molecule has 0 bridgehead atoms. The first-order valence-corrected chi connectivity index (χ1v) is 21.0. The maximum absolute atomic E-state index is 11.5. The third-order valence-electron chi connectivity index (χ3n) is 11.9. The van der Waals surface area contributed by atoms with Crippen LogP contribution in [0.1, 0.15) is 52.6 Å². The Morgan fingerprint density at radius 2 is 0.967 bits per heavy atom. The molecule has 2 aromatic carbocycles. The summed E-state index contributed by atoms with van der Waals surface area (Å²) in [6.45, 7) is 9.22. The van der Waals surface area contributed by atoms with Crippen molar-refractivity contribution >= 4 is 12.2 Å². The Bertz CT molecular complexity index is 1640. The molecular formula is C43H67N5O12. The predicted octanol–water partition coefficient (Wildman–Crippen LogP) is -2.02. The summed E-state index contributed by atoms with van der Waals surface area (Å²) in [5.74, 6) is 0.318. The van der Waals surface area contributed by atoms with E-state index in [9.17, 15) is 51.1 Å². The summed E-state index contributed by atoms with van der Waals surface area (Å²) in [4.78, 5) is 8.29. The second kappa shape index (κ2) is 22.1. The van der Waals surface area contributed by atoms with Gasteiger partial charge in [-0.05, 0) is 68.8 Å². The van der Waals surface area contributed by atoms with Crippen LogP contribution in [0.4, 0.5) is 0 Å². The second-order valence-electron chi connectivity index (χ2n) is 16.6. The molecule has 5 rings (SSSR count). The Morgan fingerprint density at radius 3 is 1.37 bits per heavy atom. The summed E-state index contributed by atoms with van der Waals surface area (Å²) in [6.07, 6.45) is -6.58. The molecule has 0 radical (unpaired) electrons. The van der Waals surface area contributed by atoms with E-state index in [1.165, 1.54) is 0 Å². The van der Waals surface area contributed by atoms with E-state index in [1.54, 1.807) is 0 Å². The van der Waals surface area contributed by atoms with Crippen LogP contribution >= 0.6 is 0 Å². The van der Waals surface area contributed by atoms with Crippen molar-refractivity contribution in [3.63, 3.8) is 0 Å². The average Bonchev–Trinajstić information content (AvgIpc) is 3.22. The van der Waals surface area contributed by atoms with Gasteiger partial charge in [0.05, 0.1) is 25.4 Å². The number of aryl methyl sites for hydroxylation is 2. The van der Waals surface area contributed by atoms with Crippen LogP contribution in [0, 0.1) is 13.8 Å². The topological polar surface area (TPSA) is 268 Å². The Labute approximate surface area is 352 Å². The summed E-state index contributed by atoms with van der Waals surface area (Å²) in [5.41, 5.74) is 6.45. The highest BCUT2D eigenvalue weighted by atomic mass is 16.4. The zero-order chi connectivity index (χ0) is 43.7. The van der Waals surface area contributed by atoms with Gasteiger partial charge in [0.2, 0.25) is 0 Å². The highest BCUT2D eigenvalue weighted by molar-refractivity contribution is 5.64. The second-order valence-corrected chi connectivity index (χ2v) is 16.6. The van der Waals surface area contributed by atoms with Gasteiger partial charge in [0.1, 0.15) is 48.1 Å². The van der Waals surface area contributed by atoms with E-state index in [1.807, 2.05) is 60.1 Å². The van der Waals surface area contributed by atoms with Crippen LogP contribution < -0.4 is 5.32 Å². The smallest absolute Gasteiger partial charge is 0.127 e. The SMILES string of the molecule is Cc1cc(C=C2CCN2CC(O)C(O)C(O)C(O)CO)c(O)c(CN2CCCNCCN(Cc3cc(C)cc(C=C4CCN4CC(O)C(O)C(O)C(O)CO)c3O)CC2)c1. The minimum atomic E-state index is -1.70. The van der Waals surface area contributed by atoms with Crippen molar-refractivity contribution in [1.29, 1.82) is 0 Å². The molecule has 3 fully saturated rings. The molecule has 3 heterocycles. The molecule has 336 valence electrons. The summed E-state index contributed by atoms with van der Waals surface area (Å²) in [7, 11) is 0. The molecule has 0 aliphatic carbocycles. The van der Waals surface area contributed by atoms with E-state index in [4.69, 9.17) is 10.2 Å². The Hall–Kier alpha value is -3.40. The van der Waals surface area contributed by atoms with Crippen LogP contribution in [0.2, 0.25) is 0 Å². The van der Waals surface area contributed by atoms with E-state index in [2.05, 4.69) is 15.1 Å². The van der Waals surface area contributed by atoms with Crippen molar-refractivity contribution in [2.75, 3.05) is 78.7 Å². The van der Waals surface area contributed by atoms with Crippen molar-refractivity contribution in [2.24, 2.45) is 0 Å². The molecule has 0 aromatic heterocycles. The van der Waals surface area contributed by atoms with E-state index in [0.29, 0.717) is 63.2 Å². The molecule has 13 N–H and O–H groups in total. The molecule has 0 saturated carbocycles. The fourth-order valence-corrected chi connectivity index (χ4v) is 8.02. The molecule has 60 heavy (non-hydrogen) atoms. The number of aliphatic hydroxyl groups excluding tert-OH is 10. The van der Waals surface area contributed by atoms with Crippen LogP contribution in [0.25, 0.3) is 12.2 Å². The van der Waals surface area contributed by atoms with Gasteiger partial charge in [-0.2, -0.15) is 0 Å². The number of rotatable bonds is 18. The van der Waals surface area contributed by atoms with Crippen molar-refractivity contribution < 1.29 is 61.3 Å². The van der Waals surface area contributed by atoms with E-state index >= 15 is 0 Å². The molecule has 8 atom stereocenters. The highest BCUT2D eigenvalue weighted by Crippen LogP contribution is 2.34. The van der Waals surface area contributed by atoms with Gasteiger partial charge in [0, 0.05) is 112 Å². The number of aromatic hydroxyl groups is 2. The summed E-state index contributed by atoms with van der Waals surface area (Å²) in [5, 5.41) is 126. The number of nitrogens with zero attached hydrogens (tertiary/aromatic N) is 4. The Balaban J connectivity index is 1.24. The molecule has 2 aromatic rings. The third kappa shape index (κ3) is 12.4. The fourth-order valence-electron chi connectivity index (χ4n) is 8.02. The van der Waals surface area contributed by atoms with Crippen LogP contribution in [0.15, 0.2) is 35.7 Å². The van der Waals surface area contributed by atoms with E-state index in [0.717, 1.165) is 66.2 Å². The van der Waals surface area contributed by atoms with Gasteiger partial charge in [0.25, 0.3) is 0 Å². The number of likely N-dealkylation sites (tertiary alicyclic amines) is 2. The van der Waals surface area contributed by atoms with E-state index < -0.39 is 62.0 Å². The van der Waals surface area contributed by atoms with Crippen LogP contribution in [-0.4, -0.2) is 208 Å². The molecule has 17 heteroatoms. The normalized spacial score (nSPS) is 22.7. The number of hydrogen-bond donors (Lipinski definition) is 13. The average molecular weight is 846 g/mol. The Kier molecular flexibility index (Phi) is 17.6. The van der Waals surface area contributed by atoms with Gasteiger partial charge in [-0.1, -0.05) is 12.1 Å². The maximum atomic E-state index is 11.5. The zero-order valence-corrected chi connectivity index (χ0v) is 34.8. The fraction of sp³-hybridized carbons (Fsp3) is 0.628. The largest absolute Gasteiger partial charge is 0.507 e. The maximum Gasteiger partial charge on any atom is 0.127 e. The zero-order valence-electron chi connectivity index (χ0n) is 34.8. The van der Waals surface area contributed by atoms with Crippen molar-refractivity contribution in [3.05, 3.63) is 69.0 Å². The van der Waals surface area contributed by atoms with Crippen LogP contribution in [0.3, 0.4) is 0 Å². The standard InChI is InChI=1S/C43H67N5O12/c1-26-14-28(18-32-4-9-47(32)22-34(51)40(57)42(59)36(53)24-49)38(55)30(16-26)20-45-8-3-6-44-7-11-46(13-12-45)21-31-17-27(2)15-29(39(31)56)19-33-5-10-48(33)23-35(52)41(58)43(60)37(54)25-50/h14-19,34-37,40-44,49-60H,3-13,20-25H2,1-2H3. The van der Waals surface area contributed by atoms with Gasteiger partial charge in [-0.3, -0.25) is 9.80 Å². The molecule has 3 aliphatic heterocycles. The first-order valence-electron chi connectivity index (χ1n) is 21.0. The lowest BCUT2D eigenvalue weighted by molar-refractivity contribution is -0.119. The van der Waals surface area contributed by atoms with Crippen molar-refractivity contribution in [2.45, 2.75) is 95.0 Å². The number of benzene rings is 2. The van der Waals surface area contributed by atoms with Gasteiger partial charge in [0.15, 0.2) is 0 Å². The van der Waals surface area contributed by atoms with Gasteiger partial charge in [-0.15, -0.1) is 0 Å². The number of phenols is 2. The third-order valence-corrected chi connectivity index (χ3v) is 11.9. The molecule has 17 nitrogen and oxygen atoms in total. The molecule has 0 spiro atoms. The first kappa shape index (κ1) is 47.6. The monoisotopic (exact) mass is 845 g/mol. The molecule has 3 aliphatic rings. The lowest BCUT2D eigenvalue weighted by atomic mass is 9.98. The summed E-state index contributed by atoms with van der Waals surface area (Å²) in [6, 6.07) is 7.76. The summed E-state index contributed by atoms with van der Waals surface area (Å²) >= 11 is 0. The predicted molar refractivity (Wildman–Crippen MR) is 224 cm³/mol. The number of hydrogen-bond acceptors (Lipinski definition) is 17. The number of nitrogens with one attached hydrogen (secondary N) is 1. The molecular weight excluding hydrogens is 778 g/mol. The van der Waals surface area contributed by atoms with Crippen LogP contribution in [0.5, 0.6) is 11.5 Å². The first-order chi connectivity index (χ1) is 28.6. The van der Waals surface area contributed by atoms with Gasteiger partial charge < -0.3 is 76.4 Å². The molecule has 3 saturated heterocycles.